The summed E-state index contributed by atoms with van der Waals surface area (Å²) in [6, 6.07) is -2.03. The molecule has 0 saturated carbocycles. The van der Waals surface area contributed by atoms with Gasteiger partial charge < -0.3 is 4.90 Å². The smallest absolute Gasteiger partial charge is 0.309 e. The van der Waals surface area contributed by atoms with Crippen molar-refractivity contribution in [3.8, 4) is 0 Å². The maximum Gasteiger partial charge on any atom is 0.418 e. The number of hydrogen-bond donors (Lipinski definition) is 2. The molecule has 10 nitrogen and oxygen atoms in total. The molecule has 12 heteroatoms. The molecule has 2 unspecified atom stereocenters. The van der Waals surface area contributed by atoms with Gasteiger partial charge >= 0.3 is 16.4 Å². The monoisotopic (exact) mass is 381 g/mol. The third-order valence-electron chi connectivity index (χ3n) is 4.24. The van der Waals surface area contributed by atoms with Gasteiger partial charge in [0.2, 0.25) is 0 Å². The second kappa shape index (κ2) is 7.04. The fraction of sp³-hybridized carbons (Fsp3) is 0.833. The Labute approximate surface area is 143 Å². The van der Waals surface area contributed by atoms with Crippen LogP contribution in [0.15, 0.2) is 0 Å². The summed E-state index contributed by atoms with van der Waals surface area (Å²) in [7, 11) is -4.79. The fourth-order valence-corrected chi connectivity index (χ4v) is 4.54. The van der Waals surface area contributed by atoms with Crippen LogP contribution in [0.1, 0.15) is 25.7 Å². The van der Waals surface area contributed by atoms with E-state index in [1.54, 1.807) is 11.8 Å². The highest BCUT2D eigenvalue weighted by atomic mass is 32.3. The molecule has 24 heavy (non-hydrogen) atoms. The summed E-state index contributed by atoms with van der Waals surface area (Å²) in [5.41, 5.74) is 2.42. The molecule has 3 heterocycles. The van der Waals surface area contributed by atoms with Crippen LogP contribution >= 0.6 is 11.8 Å². The van der Waals surface area contributed by atoms with Crippen LogP contribution in [0.4, 0.5) is 4.79 Å². The lowest BCUT2D eigenvalue weighted by Crippen LogP contribution is -2.50. The minimum absolute atomic E-state index is 0.0438. The molecular formula is C12H19N3O7S2. The van der Waals surface area contributed by atoms with Crippen LogP contribution in [0.3, 0.4) is 0 Å². The number of nitrogens with one attached hydrogen (secondary N) is 1. The Morgan fingerprint density at radius 3 is 2.79 bits per heavy atom. The van der Waals surface area contributed by atoms with Crippen LogP contribution in [-0.2, 0) is 24.3 Å². The summed E-state index contributed by atoms with van der Waals surface area (Å²) in [4.78, 5) is 31.2. The van der Waals surface area contributed by atoms with E-state index in [0.29, 0.717) is 17.9 Å². The van der Waals surface area contributed by atoms with Crippen molar-refractivity contribution in [1.82, 2.24) is 15.4 Å². The van der Waals surface area contributed by atoms with Crippen molar-refractivity contribution in [3.05, 3.63) is 0 Å². The SMILES string of the molecule is O=C(NOC1CCCSC1)[C@@H]1CCC2CN1C(=O)N2OS(=O)(=O)O. The van der Waals surface area contributed by atoms with Crippen LogP contribution in [0.5, 0.6) is 0 Å². The molecule has 0 aliphatic carbocycles. The van der Waals surface area contributed by atoms with Gasteiger partial charge in [-0.05, 0) is 31.4 Å². The van der Waals surface area contributed by atoms with Gasteiger partial charge in [0.05, 0.1) is 12.1 Å². The van der Waals surface area contributed by atoms with E-state index in [9.17, 15) is 18.0 Å². The Kier molecular flexibility index (Phi) is 5.20. The molecule has 3 aliphatic heterocycles. The quantitative estimate of drug-likeness (QED) is 0.501. The van der Waals surface area contributed by atoms with Crippen molar-refractivity contribution in [1.29, 1.82) is 0 Å². The zero-order valence-electron chi connectivity index (χ0n) is 12.8. The van der Waals surface area contributed by atoms with E-state index in [2.05, 4.69) is 9.76 Å². The van der Waals surface area contributed by atoms with Crippen molar-refractivity contribution >= 4 is 34.1 Å². The van der Waals surface area contributed by atoms with Crippen LogP contribution in [0.25, 0.3) is 0 Å². The van der Waals surface area contributed by atoms with E-state index in [-0.39, 0.29) is 12.6 Å². The van der Waals surface area contributed by atoms with Crippen molar-refractivity contribution in [2.45, 2.75) is 43.9 Å². The number of fused-ring (bicyclic) bond motifs is 2. The Hall–Kier alpha value is -1.08. The number of carbonyl (C=O) groups is 2. The lowest BCUT2D eigenvalue weighted by atomic mass is 10.0. The summed E-state index contributed by atoms with van der Waals surface area (Å²) in [6.45, 7) is 0.158. The molecule has 0 radical (unpaired) electrons. The van der Waals surface area contributed by atoms with Crippen molar-refractivity contribution < 1.29 is 31.7 Å². The third-order valence-corrected chi connectivity index (χ3v) is 5.78. The molecular weight excluding hydrogens is 362 g/mol. The van der Waals surface area contributed by atoms with Crippen molar-refractivity contribution in [2.24, 2.45) is 0 Å². The standard InChI is InChI=1S/C12H19N3O7S2/c16-11(13-21-9-2-1-5-23-7-9)10-4-3-8-6-14(10)12(17)15(8)22-24(18,19)20/h8-10H,1-7H2,(H,13,16)(H,18,19,20)/t8?,9?,10-/m0/s1. The highest BCUT2D eigenvalue weighted by molar-refractivity contribution is 7.99. The Balaban J connectivity index is 1.58. The predicted molar refractivity (Wildman–Crippen MR) is 83.0 cm³/mol. The zero-order chi connectivity index (χ0) is 17.3. The average Bonchev–Trinajstić information content (AvgIpc) is 2.77. The van der Waals surface area contributed by atoms with Gasteiger partial charge in [0, 0.05) is 12.3 Å². The number of hydroxylamine groups is 3. The average molecular weight is 381 g/mol. The van der Waals surface area contributed by atoms with Crippen LogP contribution in [0, 0.1) is 0 Å². The van der Waals surface area contributed by atoms with Gasteiger partial charge in [0.15, 0.2) is 0 Å². The van der Waals surface area contributed by atoms with E-state index in [0.717, 1.165) is 24.3 Å². The number of nitrogens with zero attached hydrogens (tertiary/aromatic N) is 2. The molecule has 2 bridgehead atoms. The molecule has 3 atom stereocenters. The van der Waals surface area contributed by atoms with Crippen LogP contribution < -0.4 is 5.48 Å². The molecule has 3 fully saturated rings. The molecule has 0 aromatic heterocycles. The van der Waals surface area contributed by atoms with Gasteiger partial charge in [-0.15, -0.1) is 4.28 Å². The van der Waals surface area contributed by atoms with Gasteiger partial charge in [-0.25, -0.2) is 10.3 Å². The minimum Gasteiger partial charge on any atom is -0.309 e. The lowest BCUT2D eigenvalue weighted by molar-refractivity contribution is -0.143. The van der Waals surface area contributed by atoms with Crippen LogP contribution in [0.2, 0.25) is 0 Å². The number of carbonyl (C=O) groups excluding carboxylic acids is 2. The highest BCUT2D eigenvalue weighted by Gasteiger charge is 2.49. The second-order valence-corrected chi connectivity index (χ2v) is 8.09. The summed E-state index contributed by atoms with van der Waals surface area (Å²) in [5, 5.41) is 0.612. The molecule has 136 valence electrons. The molecule has 3 amide bonds. The van der Waals surface area contributed by atoms with E-state index in [1.807, 2.05) is 0 Å². The van der Waals surface area contributed by atoms with Gasteiger partial charge in [-0.1, -0.05) is 0 Å². The number of hydrogen-bond acceptors (Lipinski definition) is 7. The molecule has 0 aromatic carbocycles. The topological polar surface area (TPSA) is 125 Å². The fourth-order valence-electron chi connectivity index (χ4n) is 3.12. The molecule has 3 saturated heterocycles. The van der Waals surface area contributed by atoms with Gasteiger partial charge in [-0.2, -0.15) is 25.2 Å². The summed E-state index contributed by atoms with van der Waals surface area (Å²) in [5.74, 6) is 1.46. The lowest BCUT2D eigenvalue weighted by Gasteiger charge is -2.30. The molecule has 3 rings (SSSR count). The predicted octanol–water partition coefficient (Wildman–Crippen LogP) is -0.0672. The molecule has 2 N–H and O–H groups in total. The van der Waals surface area contributed by atoms with Crippen molar-refractivity contribution in [2.75, 3.05) is 18.1 Å². The molecule has 3 aliphatic rings. The first-order valence-electron chi connectivity index (χ1n) is 7.65. The number of thioether (sulfide) groups is 1. The van der Waals surface area contributed by atoms with Crippen LogP contribution in [-0.4, -0.2) is 71.1 Å². The maximum absolute atomic E-state index is 12.3. The second-order valence-electron chi connectivity index (χ2n) is 5.93. The van der Waals surface area contributed by atoms with E-state index in [1.165, 1.54) is 4.90 Å². The van der Waals surface area contributed by atoms with E-state index in [4.69, 9.17) is 9.39 Å². The van der Waals surface area contributed by atoms with E-state index >= 15 is 0 Å². The largest absolute Gasteiger partial charge is 0.418 e. The zero-order valence-corrected chi connectivity index (χ0v) is 14.4. The third kappa shape index (κ3) is 3.94. The first kappa shape index (κ1) is 17.7. The maximum atomic E-state index is 12.3. The normalized spacial score (nSPS) is 30.5. The Morgan fingerprint density at radius 1 is 1.33 bits per heavy atom. The number of urea groups is 1. The number of amides is 3. The van der Waals surface area contributed by atoms with E-state index < -0.39 is 34.4 Å². The minimum atomic E-state index is -4.79. The molecule has 0 spiro atoms. The van der Waals surface area contributed by atoms with Gasteiger partial charge in [-0.3, -0.25) is 14.2 Å². The Morgan fingerprint density at radius 2 is 2.12 bits per heavy atom. The highest BCUT2D eigenvalue weighted by Crippen LogP contribution is 2.30. The number of piperidine rings is 1. The van der Waals surface area contributed by atoms with Gasteiger partial charge in [0.1, 0.15) is 6.04 Å². The molecule has 0 aromatic rings. The number of rotatable bonds is 5. The summed E-state index contributed by atoms with van der Waals surface area (Å²) in [6.07, 6.45) is 2.60. The van der Waals surface area contributed by atoms with Crippen molar-refractivity contribution in [3.63, 3.8) is 0 Å². The van der Waals surface area contributed by atoms with Gasteiger partial charge in [0.25, 0.3) is 5.91 Å². The summed E-state index contributed by atoms with van der Waals surface area (Å²) >= 11 is 1.76. The summed E-state index contributed by atoms with van der Waals surface area (Å²) < 4.78 is 34.7. The first-order chi connectivity index (χ1) is 11.3. The Bertz CT molecular complexity index is 608. The first-order valence-corrected chi connectivity index (χ1v) is 10.2.